The average Bonchev–Trinajstić information content (AvgIpc) is 3.21. The van der Waals surface area contributed by atoms with Crippen molar-refractivity contribution in [2.75, 3.05) is 60.3 Å². The van der Waals surface area contributed by atoms with E-state index in [1.165, 1.54) is 6.92 Å². The minimum Gasteiger partial charge on any atom is -0.459 e. The number of likely N-dealkylation sites (N-methyl/N-ethyl adjacent to an activating group) is 3. The maximum absolute atomic E-state index is 14.7. The number of hydrogen-bond donors (Lipinski definition) is 1. The van der Waals surface area contributed by atoms with E-state index < -0.39 is 83.5 Å². The summed E-state index contributed by atoms with van der Waals surface area (Å²) in [5.74, 6) is -4.39. The highest BCUT2D eigenvalue weighted by atomic mass is 79.9. The molecule has 13 atom stereocenters. The fraction of sp³-hybridized carbons (Fsp3) is 0.744. The molecule has 3 aliphatic heterocycles. The molecule has 16 heteroatoms. The number of hydrogen-bond acceptors (Lipinski definition) is 13. The number of nitrogens with zero attached hydrogens (tertiary/aromatic N) is 3. The number of halogens is 1. The van der Waals surface area contributed by atoms with Crippen LogP contribution in [0.2, 0.25) is 0 Å². The molecule has 0 radical (unpaired) electrons. The standard InChI is InChI=1S/C43H67BrN4O11/c1-13-32-43(7)37(45-33(49)24-55-43)28(5)47(10)22-25(2)20-42(6,54-12)38(26(3)35(51)27(4)39(52)57-32)59-41-36(58-40(53)29-17-15-14-16-18-29)31(46(8)9)19-30(56-41)23-48(11)34(50)21-44/h14-18,25-28,30-32,36-38,41H,13,19-24H2,1-12H3,(H,45,49)/t25-,26+,27?,28-,30+,31?,32-,36-,37-,38-,41+,42-,43-/m1/s1. The van der Waals surface area contributed by atoms with E-state index in [9.17, 15) is 24.0 Å². The van der Waals surface area contributed by atoms with Crippen molar-refractivity contribution in [2.24, 2.45) is 17.8 Å². The first-order valence-electron chi connectivity index (χ1n) is 20.7. The van der Waals surface area contributed by atoms with Crippen LogP contribution in [-0.4, -0.2) is 165 Å². The van der Waals surface area contributed by atoms with Crippen molar-refractivity contribution in [3.05, 3.63) is 35.9 Å². The van der Waals surface area contributed by atoms with E-state index in [0.717, 1.165) is 0 Å². The molecule has 0 bridgehead atoms. The van der Waals surface area contributed by atoms with Gasteiger partial charge in [0.25, 0.3) is 0 Å². The molecular formula is C43H67BrN4O11. The zero-order valence-corrected chi connectivity index (χ0v) is 38.5. The largest absolute Gasteiger partial charge is 0.459 e. The van der Waals surface area contributed by atoms with Crippen LogP contribution < -0.4 is 5.32 Å². The van der Waals surface area contributed by atoms with Crippen LogP contribution >= 0.6 is 15.9 Å². The second kappa shape index (κ2) is 20.7. The first kappa shape index (κ1) is 48.7. The zero-order chi connectivity index (χ0) is 44.0. The molecule has 3 saturated heterocycles. The molecule has 2 unspecified atom stereocenters. The number of methoxy groups -OCH3 is 1. The van der Waals surface area contributed by atoms with Crippen molar-refractivity contribution >= 4 is 45.5 Å². The SMILES string of the molecule is CC[C@H]1OC(=O)C(C)C(=O)[C@H](C)[C@@H](O[C@@H]2O[C@H](CN(C)C(=O)CBr)CC(N(C)C)[C@H]2OC(=O)c2ccccc2)[C@](C)(OC)C[C@@H](C)CN(C)[C@H](C)[C@H]2NC(=O)CO[C@@]21C. The maximum atomic E-state index is 14.7. The van der Waals surface area contributed by atoms with E-state index in [4.69, 9.17) is 28.4 Å². The summed E-state index contributed by atoms with van der Waals surface area (Å²) in [6.45, 7) is 13.5. The Kier molecular flexibility index (Phi) is 17.1. The lowest BCUT2D eigenvalue weighted by Crippen LogP contribution is -2.70. The minimum absolute atomic E-state index is 0.0557. The summed E-state index contributed by atoms with van der Waals surface area (Å²) in [6, 6.07) is 7.40. The van der Waals surface area contributed by atoms with Gasteiger partial charge in [0, 0.05) is 39.2 Å². The van der Waals surface area contributed by atoms with E-state index >= 15 is 0 Å². The summed E-state index contributed by atoms with van der Waals surface area (Å²) in [5, 5.41) is 3.24. The van der Waals surface area contributed by atoms with E-state index in [0.29, 0.717) is 31.4 Å². The van der Waals surface area contributed by atoms with Gasteiger partial charge in [-0.25, -0.2) is 4.79 Å². The molecule has 3 aliphatic rings. The van der Waals surface area contributed by atoms with Crippen molar-refractivity contribution in [3.8, 4) is 0 Å². The number of carbonyl (C=O) groups is 5. The van der Waals surface area contributed by atoms with Gasteiger partial charge in [0.1, 0.15) is 24.2 Å². The van der Waals surface area contributed by atoms with E-state index in [-0.39, 0.29) is 42.3 Å². The van der Waals surface area contributed by atoms with Gasteiger partial charge in [0.15, 0.2) is 18.2 Å². The minimum atomic E-state index is -1.23. The first-order chi connectivity index (χ1) is 27.7. The number of rotatable bonds is 10. The summed E-state index contributed by atoms with van der Waals surface area (Å²) < 4.78 is 38.7. The number of amides is 2. The number of ketones is 1. The third kappa shape index (κ3) is 11.3. The molecule has 0 aromatic heterocycles. The van der Waals surface area contributed by atoms with Gasteiger partial charge in [-0.3, -0.25) is 19.2 Å². The molecule has 15 nitrogen and oxygen atoms in total. The van der Waals surface area contributed by atoms with Crippen molar-refractivity contribution in [2.45, 2.75) is 128 Å². The molecule has 4 rings (SSSR count). The molecular weight excluding hydrogens is 828 g/mol. The Morgan fingerprint density at radius 2 is 1.71 bits per heavy atom. The van der Waals surface area contributed by atoms with Crippen LogP contribution in [0.5, 0.6) is 0 Å². The van der Waals surface area contributed by atoms with Gasteiger partial charge < -0.3 is 48.4 Å². The maximum Gasteiger partial charge on any atom is 0.338 e. The molecule has 3 fully saturated rings. The lowest BCUT2D eigenvalue weighted by Gasteiger charge is -2.49. The van der Waals surface area contributed by atoms with Crippen LogP contribution in [0.3, 0.4) is 0 Å². The number of carbonyl (C=O) groups excluding carboxylic acids is 5. The van der Waals surface area contributed by atoms with Crippen LogP contribution in [0.1, 0.15) is 78.1 Å². The van der Waals surface area contributed by atoms with Crippen molar-refractivity contribution in [3.63, 3.8) is 0 Å². The predicted molar refractivity (Wildman–Crippen MR) is 224 cm³/mol. The Labute approximate surface area is 358 Å². The van der Waals surface area contributed by atoms with Gasteiger partial charge in [-0.1, -0.05) is 54.9 Å². The van der Waals surface area contributed by atoms with Gasteiger partial charge in [-0.2, -0.15) is 0 Å². The monoisotopic (exact) mass is 894 g/mol. The molecule has 0 aliphatic carbocycles. The third-order valence-corrected chi connectivity index (χ3v) is 13.2. The molecule has 332 valence electrons. The van der Waals surface area contributed by atoms with Crippen LogP contribution in [0.15, 0.2) is 30.3 Å². The highest BCUT2D eigenvalue weighted by Crippen LogP contribution is 2.39. The van der Waals surface area contributed by atoms with Crippen molar-refractivity contribution < 1.29 is 52.4 Å². The number of alkyl halides is 1. The summed E-state index contributed by atoms with van der Waals surface area (Å²) in [5.41, 5.74) is -1.91. The molecule has 2 amide bonds. The molecule has 1 aromatic rings. The lowest BCUT2D eigenvalue weighted by atomic mass is 9.78. The Bertz CT molecular complexity index is 1620. The molecule has 1 N–H and O–H groups in total. The Balaban J connectivity index is 1.81. The third-order valence-electron chi connectivity index (χ3n) is 12.7. The number of Topliss-reactive ketones (excluding diaryl/α,β-unsaturated/α-hetero) is 1. The van der Waals surface area contributed by atoms with E-state index in [1.54, 1.807) is 56.3 Å². The second-order valence-electron chi connectivity index (χ2n) is 17.4. The Morgan fingerprint density at radius 3 is 2.31 bits per heavy atom. The number of benzene rings is 1. The van der Waals surface area contributed by atoms with Gasteiger partial charge in [-0.05, 0) is 86.2 Å². The normalized spacial score (nSPS) is 36.7. The second-order valence-corrected chi connectivity index (χ2v) is 17.9. The van der Waals surface area contributed by atoms with Crippen molar-refractivity contribution in [1.29, 1.82) is 0 Å². The number of morpholine rings is 1. The highest BCUT2D eigenvalue weighted by Gasteiger charge is 2.54. The molecule has 3 heterocycles. The van der Waals surface area contributed by atoms with E-state index in [1.807, 2.05) is 53.7 Å². The Hall–Kier alpha value is -2.99. The van der Waals surface area contributed by atoms with Crippen LogP contribution in [-0.2, 0) is 47.6 Å². The number of cyclic esters (lactones) is 1. The average molecular weight is 896 g/mol. The fourth-order valence-electron chi connectivity index (χ4n) is 9.04. The van der Waals surface area contributed by atoms with Gasteiger partial charge in [0.2, 0.25) is 11.8 Å². The summed E-state index contributed by atoms with van der Waals surface area (Å²) >= 11 is 3.26. The number of fused-ring (bicyclic) bond motifs is 1. The van der Waals surface area contributed by atoms with Crippen LogP contribution in [0.25, 0.3) is 0 Å². The molecule has 0 spiro atoms. The van der Waals surface area contributed by atoms with Gasteiger partial charge in [-0.15, -0.1) is 0 Å². The highest BCUT2D eigenvalue weighted by molar-refractivity contribution is 9.09. The molecule has 0 saturated carbocycles. The lowest BCUT2D eigenvalue weighted by molar-refractivity contribution is -0.297. The molecule has 1 aromatic carbocycles. The van der Waals surface area contributed by atoms with Crippen LogP contribution in [0, 0.1) is 17.8 Å². The van der Waals surface area contributed by atoms with E-state index in [2.05, 4.69) is 33.1 Å². The smallest absolute Gasteiger partial charge is 0.338 e. The van der Waals surface area contributed by atoms with Gasteiger partial charge in [0.05, 0.1) is 40.8 Å². The summed E-state index contributed by atoms with van der Waals surface area (Å²) in [6.07, 6.45) is -3.42. The summed E-state index contributed by atoms with van der Waals surface area (Å²) in [7, 11) is 8.97. The predicted octanol–water partition coefficient (Wildman–Crippen LogP) is 3.70. The number of esters is 2. The van der Waals surface area contributed by atoms with Crippen LogP contribution in [0.4, 0.5) is 0 Å². The quantitative estimate of drug-likeness (QED) is 0.206. The number of nitrogens with one attached hydrogen (secondary N) is 1. The number of ether oxygens (including phenoxy) is 6. The summed E-state index contributed by atoms with van der Waals surface area (Å²) in [4.78, 5) is 73.5. The fourth-order valence-corrected chi connectivity index (χ4v) is 9.47. The topological polar surface area (TPSA) is 162 Å². The zero-order valence-electron chi connectivity index (χ0n) is 36.9. The Morgan fingerprint density at radius 1 is 1.05 bits per heavy atom. The molecule has 59 heavy (non-hydrogen) atoms. The van der Waals surface area contributed by atoms with Crippen molar-refractivity contribution in [1.82, 2.24) is 20.0 Å². The first-order valence-corrected chi connectivity index (χ1v) is 21.8. The van der Waals surface area contributed by atoms with Gasteiger partial charge >= 0.3 is 11.9 Å².